The third-order valence-electron chi connectivity index (χ3n) is 4.81. The highest BCUT2D eigenvalue weighted by atomic mass is 79.9. The molecule has 0 aliphatic carbocycles. The van der Waals surface area contributed by atoms with Crippen LogP contribution in [0.3, 0.4) is 0 Å². The zero-order valence-corrected chi connectivity index (χ0v) is 17.7. The van der Waals surface area contributed by atoms with E-state index in [0.717, 1.165) is 39.7 Å². The molecular weight excluding hydrogens is 424 g/mol. The van der Waals surface area contributed by atoms with Crippen molar-refractivity contribution in [2.24, 2.45) is 0 Å². The Bertz CT molecular complexity index is 997. The van der Waals surface area contributed by atoms with Crippen molar-refractivity contribution in [2.75, 3.05) is 13.1 Å². The highest BCUT2D eigenvalue weighted by Gasteiger charge is 2.29. The maximum atomic E-state index is 12.2. The van der Waals surface area contributed by atoms with E-state index in [1.54, 1.807) is 4.90 Å². The van der Waals surface area contributed by atoms with E-state index in [4.69, 9.17) is 9.72 Å². The predicted molar refractivity (Wildman–Crippen MR) is 109 cm³/mol. The standard InChI is InChI=1S/C19H23BrN6O2/c1-19(2,3)28-18(27)26-8-6-11(7-9-26)16-21-17(25-24-16)12-4-5-14-13(10-12)15(20)23-22-14/h4-5,10-11H,6-9H2,1-3H3,(H,22,23)(H,21,24,25). The molecule has 3 aromatic rings. The van der Waals surface area contributed by atoms with Crippen LogP contribution in [0.25, 0.3) is 22.3 Å². The molecule has 1 amide bonds. The minimum absolute atomic E-state index is 0.247. The minimum Gasteiger partial charge on any atom is -0.444 e. The first kappa shape index (κ1) is 18.9. The zero-order valence-electron chi connectivity index (χ0n) is 16.1. The van der Waals surface area contributed by atoms with E-state index < -0.39 is 5.60 Å². The number of carbonyl (C=O) groups is 1. The molecule has 2 aromatic heterocycles. The predicted octanol–water partition coefficient (Wildman–Crippen LogP) is 4.23. The number of rotatable bonds is 2. The van der Waals surface area contributed by atoms with Gasteiger partial charge in [-0.15, -0.1) is 0 Å². The quantitative estimate of drug-likeness (QED) is 0.613. The average molecular weight is 447 g/mol. The lowest BCUT2D eigenvalue weighted by Gasteiger charge is -2.32. The van der Waals surface area contributed by atoms with Crippen LogP contribution in [0.5, 0.6) is 0 Å². The Morgan fingerprint density at radius 1 is 1.21 bits per heavy atom. The Labute approximate surface area is 171 Å². The molecule has 0 unspecified atom stereocenters. The van der Waals surface area contributed by atoms with E-state index in [0.29, 0.717) is 18.9 Å². The summed E-state index contributed by atoms with van der Waals surface area (Å²) >= 11 is 3.44. The largest absolute Gasteiger partial charge is 0.444 e. The molecule has 0 atom stereocenters. The number of nitrogens with zero attached hydrogens (tertiary/aromatic N) is 4. The molecule has 1 aliphatic rings. The average Bonchev–Trinajstić information content (AvgIpc) is 3.28. The van der Waals surface area contributed by atoms with Gasteiger partial charge in [0, 0.05) is 30.0 Å². The number of fused-ring (bicyclic) bond motifs is 1. The normalized spacial score (nSPS) is 15.9. The van der Waals surface area contributed by atoms with Crippen molar-refractivity contribution < 1.29 is 9.53 Å². The van der Waals surface area contributed by atoms with Crippen molar-refractivity contribution in [3.63, 3.8) is 0 Å². The molecule has 1 aliphatic heterocycles. The van der Waals surface area contributed by atoms with Gasteiger partial charge in [0.15, 0.2) is 5.82 Å². The van der Waals surface area contributed by atoms with Crippen LogP contribution in [-0.4, -0.2) is 55.1 Å². The SMILES string of the molecule is CC(C)(C)OC(=O)N1CCC(c2nc(-c3ccc4[nH]nc(Br)c4c3)n[nH]2)CC1. The second-order valence-electron chi connectivity index (χ2n) is 8.06. The molecule has 0 radical (unpaired) electrons. The van der Waals surface area contributed by atoms with Crippen LogP contribution in [0.15, 0.2) is 22.8 Å². The first-order valence-electron chi connectivity index (χ1n) is 9.34. The van der Waals surface area contributed by atoms with Crippen molar-refractivity contribution in [3.05, 3.63) is 28.6 Å². The summed E-state index contributed by atoms with van der Waals surface area (Å²) in [7, 11) is 0. The summed E-state index contributed by atoms with van der Waals surface area (Å²) in [5.41, 5.74) is 1.42. The molecule has 28 heavy (non-hydrogen) atoms. The molecule has 0 saturated carbocycles. The number of ether oxygens (including phenoxy) is 1. The molecule has 3 heterocycles. The van der Waals surface area contributed by atoms with Crippen LogP contribution in [-0.2, 0) is 4.74 Å². The lowest BCUT2D eigenvalue weighted by Crippen LogP contribution is -2.41. The molecule has 148 valence electrons. The summed E-state index contributed by atoms with van der Waals surface area (Å²) in [6.07, 6.45) is 1.42. The number of nitrogens with one attached hydrogen (secondary N) is 2. The molecule has 1 fully saturated rings. The number of piperidine rings is 1. The van der Waals surface area contributed by atoms with Crippen LogP contribution < -0.4 is 0 Å². The van der Waals surface area contributed by atoms with Crippen molar-refractivity contribution in [2.45, 2.75) is 45.1 Å². The van der Waals surface area contributed by atoms with Gasteiger partial charge in [0.25, 0.3) is 0 Å². The topological polar surface area (TPSA) is 99.8 Å². The van der Waals surface area contributed by atoms with Gasteiger partial charge in [-0.1, -0.05) is 0 Å². The molecule has 9 heteroatoms. The first-order valence-corrected chi connectivity index (χ1v) is 10.1. The van der Waals surface area contributed by atoms with Gasteiger partial charge >= 0.3 is 6.09 Å². The Hall–Kier alpha value is -2.42. The van der Waals surface area contributed by atoms with Gasteiger partial charge in [0.2, 0.25) is 0 Å². The number of H-pyrrole nitrogens is 2. The lowest BCUT2D eigenvalue weighted by atomic mass is 9.96. The zero-order chi connectivity index (χ0) is 19.9. The van der Waals surface area contributed by atoms with E-state index in [-0.39, 0.29) is 12.0 Å². The fourth-order valence-electron chi connectivity index (χ4n) is 3.37. The fraction of sp³-hybridized carbons (Fsp3) is 0.474. The first-order chi connectivity index (χ1) is 13.3. The summed E-state index contributed by atoms with van der Waals surface area (Å²) in [6, 6.07) is 5.96. The third kappa shape index (κ3) is 3.89. The minimum atomic E-state index is -0.473. The van der Waals surface area contributed by atoms with Gasteiger partial charge in [-0.3, -0.25) is 10.2 Å². The van der Waals surface area contributed by atoms with Gasteiger partial charge in [-0.2, -0.15) is 10.2 Å². The summed E-state index contributed by atoms with van der Waals surface area (Å²) in [5, 5.41) is 15.6. The van der Waals surface area contributed by atoms with E-state index in [2.05, 4.69) is 36.3 Å². The second kappa shape index (κ2) is 7.20. The Balaban J connectivity index is 1.43. The summed E-state index contributed by atoms with van der Waals surface area (Å²) in [4.78, 5) is 18.7. The van der Waals surface area contributed by atoms with Gasteiger partial charge in [0.1, 0.15) is 16.0 Å². The number of likely N-dealkylation sites (tertiary alicyclic amines) is 1. The van der Waals surface area contributed by atoms with Crippen molar-refractivity contribution in [1.29, 1.82) is 0 Å². The van der Waals surface area contributed by atoms with Gasteiger partial charge in [0.05, 0.1) is 5.52 Å². The molecule has 0 spiro atoms. The van der Waals surface area contributed by atoms with E-state index in [1.807, 2.05) is 39.0 Å². The number of aromatic amines is 2. The van der Waals surface area contributed by atoms with Crippen LogP contribution in [0.4, 0.5) is 4.79 Å². The van der Waals surface area contributed by atoms with Crippen LogP contribution >= 0.6 is 15.9 Å². The van der Waals surface area contributed by atoms with Crippen molar-refractivity contribution >= 4 is 32.9 Å². The number of benzene rings is 1. The second-order valence-corrected chi connectivity index (χ2v) is 8.81. The van der Waals surface area contributed by atoms with Crippen molar-refractivity contribution in [3.8, 4) is 11.4 Å². The number of amides is 1. The van der Waals surface area contributed by atoms with Gasteiger partial charge in [-0.05, 0) is 67.7 Å². The van der Waals surface area contributed by atoms with E-state index >= 15 is 0 Å². The maximum absolute atomic E-state index is 12.2. The molecule has 1 saturated heterocycles. The number of hydrogen-bond acceptors (Lipinski definition) is 5. The van der Waals surface area contributed by atoms with Gasteiger partial charge < -0.3 is 9.64 Å². The number of hydrogen-bond donors (Lipinski definition) is 2. The van der Waals surface area contributed by atoms with Crippen LogP contribution in [0, 0.1) is 0 Å². The maximum Gasteiger partial charge on any atom is 0.410 e. The third-order valence-corrected chi connectivity index (χ3v) is 5.42. The van der Waals surface area contributed by atoms with E-state index in [9.17, 15) is 4.79 Å². The number of aromatic nitrogens is 5. The Morgan fingerprint density at radius 3 is 2.68 bits per heavy atom. The highest BCUT2D eigenvalue weighted by Crippen LogP contribution is 2.29. The van der Waals surface area contributed by atoms with Crippen LogP contribution in [0.1, 0.15) is 45.4 Å². The van der Waals surface area contributed by atoms with Crippen molar-refractivity contribution in [1.82, 2.24) is 30.3 Å². The van der Waals surface area contributed by atoms with Gasteiger partial charge in [-0.25, -0.2) is 9.78 Å². The molecule has 8 nitrogen and oxygen atoms in total. The summed E-state index contributed by atoms with van der Waals surface area (Å²) in [5.74, 6) is 1.79. The number of halogens is 1. The molecular formula is C19H23BrN6O2. The monoisotopic (exact) mass is 446 g/mol. The fourth-order valence-corrected chi connectivity index (χ4v) is 3.79. The molecule has 4 rings (SSSR count). The van der Waals surface area contributed by atoms with Crippen LogP contribution in [0.2, 0.25) is 0 Å². The molecule has 0 bridgehead atoms. The smallest absolute Gasteiger partial charge is 0.410 e. The Kier molecular flexibility index (Phi) is 4.86. The summed E-state index contributed by atoms with van der Waals surface area (Å²) in [6.45, 7) is 6.96. The molecule has 1 aromatic carbocycles. The lowest BCUT2D eigenvalue weighted by molar-refractivity contribution is 0.0203. The molecule has 2 N–H and O–H groups in total. The number of carbonyl (C=O) groups excluding carboxylic acids is 1. The Morgan fingerprint density at radius 2 is 1.96 bits per heavy atom. The van der Waals surface area contributed by atoms with E-state index in [1.165, 1.54) is 0 Å². The highest BCUT2D eigenvalue weighted by molar-refractivity contribution is 9.10. The summed E-state index contributed by atoms with van der Waals surface area (Å²) < 4.78 is 6.23.